The largest absolute Gasteiger partial charge is 0.339 e. The molecule has 0 atom stereocenters. The van der Waals surface area contributed by atoms with Gasteiger partial charge in [-0.3, -0.25) is 4.79 Å². The van der Waals surface area contributed by atoms with E-state index < -0.39 is 0 Å². The molecule has 1 amide bonds. The summed E-state index contributed by atoms with van der Waals surface area (Å²) in [6, 6.07) is 15.9. The standard InChI is InChI=1S/C18H12ClN5O/c19-13-4-2-6-15(8-13)24-18(25)16-10-22-17(11-21-16)23-14-5-1-3-12(7-14)9-20/h1-8,10-11H,(H,22,23)(H,24,25). The van der Waals surface area contributed by atoms with Crippen molar-refractivity contribution in [3.63, 3.8) is 0 Å². The average Bonchev–Trinajstić information content (AvgIpc) is 2.62. The maximum Gasteiger partial charge on any atom is 0.275 e. The van der Waals surface area contributed by atoms with E-state index in [2.05, 4.69) is 26.7 Å². The van der Waals surface area contributed by atoms with Crippen LogP contribution in [-0.2, 0) is 0 Å². The van der Waals surface area contributed by atoms with E-state index in [1.165, 1.54) is 12.4 Å². The second-order valence-corrected chi connectivity index (χ2v) is 5.51. The highest BCUT2D eigenvalue weighted by Gasteiger charge is 2.09. The van der Waals surface area contributed by atoms with Crippen LogP contribution >= 0.6 is 11.6 Å². The third-order valence-electron chi connectivity index (χ3n) is 3.23. The van der Waals surface area contributed by atoms with E-state index in [-0.39, 0.29) is 11.6 Å². The molecule has 0 aliphatic carbocycles. The normalized spacial score (nSPS) is 9.92. The van der Waals surface area contributed by atoms with Crippen LogP contribution in [0.25, 0.3) is 0 Å². The molecule has 1 aromatic heterocycles. The molecule has 0 bridgehead atoms. The molecule has 6 nitrogen and oxygen atoms in total. The van der Waals surface area contributed by atoms with E-state index in [0.717, 1.165) is 0 Å². The highest BCUT2D eigenvalue weighted by molar-refractivity contribution is 6.30. The number of halogens is 1. The zero-order valence-electron chi connectivity index (χ0n) is 12.9. The van der Waals surface area contributed by atoms with Gasteiger partial charge in [-0.25, -0.2) is 9.97 Å². The summed E-state index contributed by atoms with van der Waals surface area (Å²) in [7, 11) is 0. The van der Waals surface area contributed by atoms with Gasteiger partial charge in [-0.05, 0) is 36.4 Å². The molecule has 0 radical (unpaired) electrons. The third-order valence-corrected chi connectivity index (χ3v) is 3.47. The second kappa shape index (κ2) is 7.43. The van der Waals surface area contributed by atoms with E-state index in [1.807, 2.05) is 6.07 Å². The van der Waals surface area contributed by atoms with E-state index in [0.29, 0.717) is 27.8 Å². The highest BCUT2D eigenvalue weighted by Crippen LogP contribution is 2.17. The Bertz CT molecular complexity index is 950. The van der Waals surface area contributed by atoms with Gasteiger partial charge in [0.05, 0.1) is 24.0 Å². The Morgan fingerprint density at radius 2 is 1.84 bits per heavy atom. The molecule has 0 saturated carbocycles. The fourth-order valence-electron chi connectivity index (χ4n) is 2.09. The summed E-state index contributed by atoms with van der Waals surface area (Å²) in [4.78, 5) is 20.4. The van der Waals surface area contributed by atoms with E-state index in [9.17, 15) is 4.79 Å². The summed E-state index contributed by atoms with van der Waals surface area (Å²) in [5, 5.41) is 15.2. The lowest BCUT2D eigenvalue weighted by molar-refractivity contribution is 0.102. The predicted octanol–water partition coefficient (Wildman–Crippen LogP) is 4.00. The van der Waals surface area contributed by atoms with Crippen LogP contribution in [0.3, 0.4) is 0 Å². The fraction of sp³-hybridized carbons (Fsp3) is 0. The number of carbonyl (C=O) groups is 1. The first-order valence-electron chi connectivity index (χ1n) is 7.30. The number of benzene rings is 2. The topological polar surface area (TPSA) is 90.7 Å². The molecule has 0 fully saturated rings. The second-order valence-electron chi connectivity index (χ2n) is 5.07. The fourth-order valence-corrected chi connectivity index (χ4v) is 2.28. The highest BCUT2D eigenvalue weighted by atomic mass is 35.5. The number of carbonyl (C=O) groups excluding carboxylic acids is 1. The van der Waals surface area contributed by atoms with E-state index in [1.54, 1.807) is 42.5 Å². The van der Waals surface area contributed by atoms with Crippen molar-refractivity contribution in [2.24, 2.45) is 0 Å². The lowest BCUT2D eigenvalue weighted by atomic mass is 10.2. The first-order valence-corrected chi connectivity index (χ1v) is 7.68. The summed E-state index contributed by atoms with van der Waals surface area (Å²) in [6.45, 7) is 0. The van der Waals surface area contributed by atoms with Crippen LogP contribution in [0.5, 0.6) is 0 Å². The Morgan fingerprint density at radius 3 is 2.56 bits per heavy atom. The Kier molecular flexibility index (Phi) is 4.88. The number of aromatic nitrogens is 2. The summed E-state index contributed by atoms with van der Waals surface area (Å²) < 4.78 is 0. The lowest BCUT2D eigenvalue weighted by Gasteiger charge is -2.07. The molecule has 0 saturated heterocycles. The molecule has 2 N–H and O–H groups in total. The Balaban J connectivity index is 1.69. The molecule has 2 aromatic carbocycles. The van der Waals surface area contributed by atoms with Gasteiger partial charge in [0, 0.05) is 16.4 Å². The summed E-state index contributed by atoms with van der Waals surface area (Å²) in [5.41, 5.74) is 2.01. The number of nitriles is 1. The lowest BCUT2D eigenvalue weighted by Crippen LogP contribution is -2.14. The molecule has 3 aromatic rings. The van der Waals surface area contributed by atoms with Gasteiger partial charge in [-0.15, -0.1) is 0 Å². The first-order chi connectivity index (χ1) is 12.1. The number of rotatable bonds is 4. The maximum atomic E-state index is 12.2. The summed E-state index contributed by atoms with van der Waals surface area (Å²) >= 11 is 5.89. The number of nitrogens with zero attached hydrogens (tertiary/aromatic N) is 3. The summed E-state index contributed by atoms with van der Waals surface area (Å²) in [5.74, 6) is 0.0854. The molecular formula is C18H12ClN5O. The molecule has 25 heavy (non-hydrogen) atoms. The van der Waals surface area contributed by atoms with Crippen molar-refractivity contribution in [3.8, 4) is 6.07 Å². The van der Waals surface area contributed by atoms with Crippen molar-refractivity contribution in [2.75, 3.05) is 10.6 Å². The molecular weight excluding hydrogens is 338 g/mol. The van der Waals surface area contributed by atoms with Crippen molar-refractivity contribution in [2.45, 2.75) is 0 Å². The number of hydrogen-bond acceptors (Lipinski definition) is 5. The molecule has 0 unspecified atom stereocenters. The SMILES string of the molecule is N#Cc1cccc(Nc2cnc(C(=O)Nc3cccc(Cl)c3)cn2)c1. The van der Waals surface area contributed by atoms with Gasteiger partial charge in [-0.1, -0.05) is 23.7 Å². The van der Waals surface area contributed by atoms with Crippen LogP contribution in [0.2, 0.25) is 5.02 Å². The van der Waals surface area contributed by atoms with Crippen LogP contribution in [0.1, 0.15) is 16.1 Å². The molecule has 1 heterocycles. The van der Waals surface area contributed by atoms with Crippen LogP contribution in [0, 0.1) is 11.3 Å². The third kappa shape index (κ3) is 4.31. The molecule has 122 valence electrons. The smallest absolute Gasteiger partial charge is 0.275 e. The minimum atomic E-state index is -0.382. The van der Waals surface area contributed by atoms with Gasteiger partial charge in [-0.2, -0.15) is 5.26 Å². The van der Waals surface area contributed by atoms with Crippen molar-refractivity contribution in [1.29, 1.82) is 5.26 Å². The maximum absolute atomic E-state index is 12.2. The zero-order chi connectivity index (χ0) is 17.6. The molecule has 0 aliphatic heterocycles. The number of amides is 1. The molecule has 0 aliphatic rings. The van der Waals surface area contributed by atoms with Crippen molar-refractivity contribution in [3.05, 3.63) is 77.2 Å². The molecule has 7 heteroatoms. The Labute approximate surface area is 149 Å². The minimum absolute atomic E-state index is 0.177. The average molecular weight is 350 g/mol. The van der Waals surface area contributed by atoms with Crippen molar-refractivity contribution < 1.29 is 4.79 Å². The first kappa shape index (κ1) is 16.4. The van der Waals surface area contributed by atoms with Gasteiger partial charge >= 0.3 is 0 Å². The van der Waals surface area contributed by atoms with Crippen molar-refractivity contribution >= 4 is 34.7 Å². The van der Waals surface area contributed by atoms with Gasteiger partial charge in [0.15, 0.2) is 0 Å². The van der Waals surface area contributed by atoms with Gasteiger partial charge in [0.25, 0.3) is 5.91 Å². The monoisotopic (exact) mass is 349 g/mol. The van der Waals surface area contributed by atoms with Crippen LogP contribution in [0.4, 0.5) is 17.2 Å². The number of anilines is 3. The zero-order valence-corrected chi connectivity index (χ0v) is 13.7. The quantitative estimate of drug-likeness (QED) is 0.743. The van der Waals surface area contributed by atoms with Crippen LogP contribution in [0.15, 0.2) is 60.9 Å². The Hall–Kier alpha value is -3.43. The number of hydrogen-bond donors (Lipinski definition) is 2. The van der Waals surface area contributed by atoms with Crippen LogP contribution < -0.4 is 10.6 Å². The molecule has 3 rings (SSSR count). The van der Waals surface area contributed by atoms with Gasteiger partial charge in [0.1, 0.15) is 11.5 Å². The van der Waals surface area contributed by atoms with Crippen LogP contribution in [-0.4, -0.2) is 15.9 Å². The van der Waals surface area contributed by atoms with Crippen molar-refractivity contribution in [1.82, 2.24) is 9.97 Å². The van der Waals surface area contributed by atoms with E-state index >= 15 is 0 Å². The van der Waals surface area contributed by atoms with Gasteiger partial charge in [0.2, 0.25) is 0 Å². The number of nitrogens with one attached hydrogen (secondary N) is 2. The Morgan fingerprint density at radius 1 is 1.04 bits per heavy atom. The minimum Gasteiger partial charge on any atom is -0.339 e. The van der Waals surface area contributed by atoms with E-state index in [4.69, 9.17) is 16.9 Å². The molecule has 0 spiro atoms. The predicted molar refractivity (Wildman–Crippen MR) is 95.9 cm³/mol. The summed E-state index contributed by atoms with van der Waals surface area (Å²) in [6.07, 6.45) is 2.82. The van der Waals surface area contributed by atoms with Gasteiger partial charge < -0.3 is 10.6 Å².